The smallest absolute Gasteiger partial charge is 0.123 e. The first kappa shape index (κ1) is 16.7. The zero-order valence-electron chi connectivity index (χ0n) is 14.6. The fourth-order valence-corrected chi connectivity index (χ4v) is 3.53. The molecule has 0 amide bonds. The zero-order valence-corrected chi connectivity index (χ0v) is 14.6. The molecule has 0 aliphatic carbocycles. The van der Waals surface area contributed by atoms with Gasteiger partial charge in [0.05, 0.1) is 0 Å². The lowest BCUT2D eigenvalue weighted by molar-refractivity contribution is 0.628. The molecule has 0 nitrogen and oxygen atoms in total. The Morgan fingerprint density at radius 3 is 2.25 bits per heavy atom. The van der Waals surface area contributed by atoms with Crippen LogP contribution in [0.15, 0.2) is 54.6 Å². The van der Waals surface area contributed by atoms with Crippen LogP contribution < -0.4 is 0 Å². The summed E-state index contributed by atoms with van der Waals surface area (Å²) in [4.78, 5) is 0. The molecule has 0 radical (unpaired) electrons. The van der Waals surface area contributed by atoms with Gasteiger partial charge in [-0.2, -0.15) is 0 Å². The van der Waals surface area contributed by atoms with Crippen molar-refractivity contribution in [1.82, 2.24) is 0 Å². The Bertz CT molecular complexity index is 815. The standard InChI is InChI=1S/C23H25F/c1-3-4-5-6-9-19-16-17(2)21-10-7-8-11-22(21)23(19)18-12-14-20(24)15-13-18/h7-8,10-16H,3-6,9H2,1-2H3. The van der Waals surface area contributed by atoms with Crippen molar-refractivity contribution in [2.24, 2.45) is 0 Å². The minimum atomic E-state index is -0.181. The molecule has 0 bridgehead atoms. The van der Waals surface area contributed by atoms with Gasteiger partial charge in [0.2, 0.25) is 0 Å². The highest BCUT2D eigenvalue weighted by atomic mass is 19.1. The Hall–Kier alpha value is -2.15. The summed E-state index contributed by atoms with van der Waals surface area (Å²) in [6, 6.07) is 17.8. The van der Waals surface area contributed by atoms with Crippen molar-refractivity contribution >= 4 is 10.8 Å². The van der Waals surface area contributed by atoms with Crippen molar-refractivity contribution in [2.45, 2.75) is 46.0 Å². The highest BCUT2D eigenvalue weighted by Crippen LogP contribution is 2.35. The molecule has 3 aromatic carbocycles. The van der Waals surface area contributed by atoms with Crippen molar-refractivity contribution in [2.75, 3.05) is 0 Å². The van der Waals surface area contributed by atoms with E-state index in [1.165, 1.54) is 53.1 Å². The van der Waals surface area contributed by atoms with Gasteiger partial charge in [0.25, 0.3) is 0 Å². The first-order valence-electron chi connectivity index (χ1n) is 8.98. The molecule has 3 aromatic rings. The van der Waals surface area contributed by atoms with Gasteiger partial charge in [-0.3, -0.25) is 0 Å². The molecule has 0 saturated carbocycles. The van der Waals surface area contributed by atoms with Gasteiger partial charge >= 0.3 is 0 Å². The predicted octanol–water partition coefficient (Wildman–Crippen LogP) is 7.08. The zero-order chi connectivity index (χ0) is 16.9. The second-order valence-corrected chi connectivity index (χ2v) is 6.59. The third-order valence-electron chi connectivity index (χ3n) is 4.77. The van der Waals surface area contributed by atoms with Crippen LogP contribution in [0.25, 0.3) is 21.9 Å². The molecule has 0 aliphatic rings. The van der Waals surface area contributed by atoms with Gasteiger partial charge < -0.3 is 0 Å². The molecular weight excluding hydrogens is 295 g/mol. The van der Waals surface area contributed by atoms with Gasteiger partial charge in [-0.05, 0) is 64.9 Å². The van der Waals surface area contributed by atoms with Crippen molar-refractivity contribution < 1.29 is 4.39 Å². The average molecular weight is 320 g/mol. The Balaban J connectivity index is 2.11. The van der Waals surface area contributed by atoms with Crippen LogP contribution >= 0.6 is 0 Å². The third-order valence-corrected chi connectivity index (χ3v) is 4.77. The molecule has 0 aliphatic heterocycles. The van der Waals surface area contributed by atoms with Crippen LogP contribution in [0.2, 0.25) is 0 Å². The molecule has 1 heteroatoms. The number of unbranched alkanes of at least 4 members (excludes halogenated alkanes) is 3. The van der Waals surface area contributed by atoms with Crippen LogP contribution in [0.3, 0.4) is 0 Å². The van der Waals surface area contributed by atoms with E-state index in [1.54, 1.807) is 12.1 Å². The summed E-state index contributed by atoms with van der Waals surface area (Å²) in [6.45, 7) is 4.43. The second kappa shape index (κ2) is 7.61. The lowest BCUT2D eigenvalue weighted by Crippen LogP contribution is -1.95. The topological polar surface area (TPSA) is 0 Å². The van der Waals surface area contributed by atoms with E-state index in [0.29, 0.717) is 0 Å². The van der Waals surface area contributed by atoms with Crippen LogP contribution in [0.5, 0.6) is 0 Å². The summed E-state index contributed by atoms with van der Waals surface area (Å²) in [6.07, 6.45) is 6.10. The van der Waals surface area contributed by atoms with E-state index in [2.05, 4.69) is 44.2 Å². The van der Waals surface area contributed by atoms with E-state index in [1.807, 2.05) is 12.1 Å². The van der Waals surface area contributed by atoms with Gasteiger partial charge in [-0.25, -0.2) is 4.39 Å². The largest absolute Gasteiger partial charge is 0.207 e. The molecule has 0 spiro atoms. The molecule has 0 saturated heterocycles. The van der Waals surface area contributed by atoms with Crippen molar-refractivity contribution in [3.05, 3.63) is 71.5 Å². The Labute approximate surface area is 144 Å². The van der Waals surface area contributed by atoms with Gasteiger partial charge in [0.1, 0.15) is 5.82 Å². The molecule has 0 N–H and O–H groups in total. The number of rotatable bonds is 6. The molecule has 0 atom stereocenters. The maximum Gasteiger partial charge on any atom is 0.123 e. The number of fused-ring (bicyclic) bond motifs is 1. The van der Waals surface area contributed by atoms with E-state index in [4.69, 9.17) is 0 Å². The SMILES string of the molecule is CCCCCCc1cc(C)c2ccccc2c1-c1ccc(F)cc1. The van der Waals surface area contributed by atoms with Crippen molar-refractivity contribution in [1.29, 1.82) is 0 Å². The van der Waals surface area contributed by atoms with E-state index < -0.39 is 0 Å². The molecule has 0 heterocycles. The van der Waals surface area contributed by atoms with E-state index >= 15 is 0 Å². The summed E-state index contributed by atoms with van der Waals surface area (Å²) in [7, 11) is 0. The first-order chi connectivity index (χ1) is 11.7. The Kier molecular flexibility index (Phi) is 5.30. The highest BCUT2D eigenvalue weighted by molar-refractivity contribution is 6.00. The number of benzene rings is 3. The number of hydrogen-bond donors (Lipinski definition) is 0. The summed E-state index contributed by atoms with van der Waals surface area (Å²) in [5.74, 6) is -0.181. The summed E-state index contributed by atoms with van der Waals surface area (Å²) < 4.78 is 13.4. The molecule has 24 heavy (non-hydrogen) atoms. The van der Waals surface area contributed by atoms with Crippen LogP contribution in [0.1, 0.15) is 43.7 Å². The average Bonchev–Trinajstić information content (AvgIpc) is 2.60. The van der Waals surface area contributed by atoms with Crippen LogP contribution in [0.4, 0.5) is 4.39 Å². The van der Waals surface area contributed by atoms with Gasteiger partial charge in [-0.15, -0.1) is 0 Å². The van der Waals surface area contributed by atoms with Crippen molar-refractivity contribution in [3.63, 3.8) is 0 Å². The summed E-state index contributed by atoms with van der Waals surface area (Å²) >= 11 is 0. The lowest BCUT2D eigenvalue weighted by Gasteiger charge is -2.16. The molecule has 0 fully saturated rings. The number of halogens is 1. The maximum atomic E-state index is 13.4. The molecule has 3 rings (SSSR count). The third kappa shape index (κ3) is 3.51. The highest BCUT2D eigenvalue weighted by Gasteiger charge is 2.12. The summed E-state index contributed by atoms with van der Waals surface area (Å²) in [5, 5.41) is 2.56. The molecule has 124 valence electrons. The monoisotopic (exact) mass is 320 g/mol. The van der Waals surface area contributed by atoms with Crippen LogP contribution in [-0.4, -0.2) is 0 Å². The lowest BCUT2D eigenvalue weighted by atomic mass is 9.88. The van der Waals surface area contributed by atoms with Crippen molar-refractivity contribution in [3.8, 4) is 11.1 Å². The minimum Gasteiger partial charge on any atom is -0.207 e. The van der Waals surface area contributed by atoms with Crippen LogP contribution in [0, 0.1) is 12.7 Å². The number of aryl methyl sites for hydroxylation is 2. The summed E-state index contributed by atoms with van der Waals surface area (Å²) in [5.41, 5.74) is 5.08. The minimum absolute atomic E-state index is 0.181. The Morgan fingerprint density at radius 2 is 1.54 bits per heavy atom. The van der Waals surface area contributed by atoms with Gasteiger partial charge in [-0.1, -0.05) is 68.7 Å². The maximum absolute atomic E-state index is 13.4. The second-order valence-electron chi connectivity index (χ2n) is 6.59. The fraction of sp³-hybridized carbons (Fsp3) is 0.304. The fourth-order valence-electron chi connectivity index (χ4n) is 3.53. The predicted molar refractivity (Wildman–Crippen MR) is 102 cm³/mol. The number of hydrogen-bond acceptors (Lipinski definition) is 0. The van der Waals surface area contributed by atoms with E-state index in [0.717, 1.165) is 12.0 Å². The molecule has 0 aromatic heterocycles. The normalized spacial score (nSPS) is 11.1. The molecule has 0 unspecified atom stereocenters. The first-order valence-corrected chi connectivity index (χ1v) is 8.98. The van der Waals surface area contributed by atoms with Crippen LogP contribution in [-0.2, 0) is 6.42 Å². The van der Waals surface area contributed by atoms with E-state index in [9.17, 15) is 4.39 Å². The van der Waals surface area contributed by atoms with E-state index in [-0.39, 0.29) is 5.82 Å². The molecular formula is C23H25F. The van der Waals surface area contributed by atoms with Gasteiger partial charge in [0.15, 0.2) is 0 Å². The Morgan fingerprint density at radius 1 is 0.833 bits per heavy atom. The van der Waals surface area contributed by atoms with Gasteiger partial charge in [0, 0.05) is 0 Å². The quantitative estimate of drug-likeness (QED) is 0.426.